The highest BCUT2D eigenvalue weighted by Crippen LogP contribution is 2.21. The zero-order valence-corrected chi connectivity index (χ0v) is 13.9. The number of amides is 1. The Morgan fingerprint density at radius 2 is 1.92 bits per heavy atom. The van der Waals surface area contributed by atoms with Gasteiger partial charge in [0.25, 0.3) is 0 Å². The lowest BCUT2D eigenvalue weighted by atomic mass is 10.1. The SMILES string of the molecule is O=C(CCc1cncnc1)Nc1ccc(-c2cn3cccnc3n2)cc1. The Labute approximate surface area is 149 Å². The molecule has 3 aromatic heterocycles. The highest BCUT2D eigenvalue weighted by atomic mass is 16.1. The van der Waals surface area contributed by atoms with Gasteiger partial charge in [0.2, 0.25) is 11.7 Å². The normalized spacial score (nSPS) is 10.8. The summed E-state index contributed by atoms with van der Waals surface area (Å²) in [5, 5.41) is 2.90. The molecule has 1 amide bonds. The molecule has 0 aliphatic heterocycles. The Hall–Kier alpha value is -3.61. The third kappa shape index (κ3) is 3.56. The second-order valence-corrected chi connectivity index (χ2v) is 5.83. The van der Waals surface area contributed by atoms with Crippen LogP contribution < -0.4 is 5.32 Å². The first kappa shape index (κ1) is 15.9. The van der Waals surface area contributed by atoms with Crippen LogP contribution in [-0.4, -0.2) is 30.2 Å². The zero-order valence-electron chi connectivity index (χ0n) is 13.9. The Morgan fingerprint density at radius 3 is 2.69 bits per heavy atom. The van der Waals surface area contributed by atoms with E-state index < -0.39 is 0 Å². The number of aromatic nitrogens is 5. The number of anilines is 1. The van der Waals surface area contributed by atoms with E-state index in [1.54, 1.807) is 18.6 Å². The molecule has 0 saturated carbocycles. The van der Waals surface area contributed by atoms with E-state index in [-0.39, 0.29) is 5.91 Å². The molecular weight excluding hydrogens is 328 g/mol. The predicted molar refractivity (Wildman–Crippen MR) is 97.4 cm³/mol. The van der Waals surface area contributed by atoms with Crippen molar-refractivity contribution in [2.75, 3.05) is 5.32 Å². The van der Waals surface area contributed by atoms with E-state index in [0.717, 1.165) is 22.5 Å². The molecular formula is C19H16N6O. The van der Waals surface area contributed by atoms with E-state index in [4.69, 9.17) is 0 Å². The number of imidazole rings is 1. The van der Waals surface area contributed by atoms with Crippen molar-refractivity contribution in [1.82, 2.24) is 24.3 Å². The maximum atomic E-state index is 12.1. The molecule has 128 valence electrons. The first-order valence-corrected chi connectivity index (χ1v) is 8.22. The third-order valence-corrected chi connectivity index (χ3v) is 3.95. The molecule has 26 heavy (non-hydrogen) atoms. The van der Waals surface area contributed by atoms with Gasteiger partial charge in [-0.3, -0.25) is 9.20 Å². The Kier molecular flexibility index (Phi) is 4.34. The lowest BCUT2D eigenvalue weighted by molar-refractivity contribution is -0.116. The molecule has 1 N–H and O–H groups in total. The number of rotatable bonds is 5. The molecule has 0 spiro atoms. The minimum atomic E-state index is -0.0430. The molecule has 0 saturated heterocycles. The highest BCUT2D eigenvalue weighted by Gasteiger charge is 2.07. The van der Waals surface area contributed by atoms with E-state index >= 15 is 0 Å². The van der Waals surface area contributed by atoms with Gasteiger partial charge < -0.3 is 5.32 Å². The van der Waals surface area contributed by atoms with Gasteiger partial charge >= 0.3 is 0 Å². The number of nitrogens with one attached hydrogen (secondary N) is 1. The number of carbonyl (C=O) groups is 1. The van der Waals surface area contributed by atoms with Crippen LogP contribution in [0, 0.1) is 0 Å². The van der Waals surface area contributed by atoms with Crippen molar-refractivity contribution in [1.29, 1.82) is 0 Å². The van der Waals surface area contributed by atoms with Gasteiger partial charge in [-0.25, -0.2) is 19.9 Å². The van der Waals surface area contributed by atoms with Crippen LogP contribution in [-0.2, 0) is 11.2 Å². The smallest absolute Gasteiger partial charge is 0.234 e. The van der Waals surface area contributed by atoms with Crippen LogP contribution in [0.3, 0.4) is 0 Å². The summed E-state index contributed by atoms with van der Waals surface area (Å²) in [4.78, 5) is 28.7. The van der Waals surface area contributed by atoms with E-state index in [9.17, 15) is 4.79 Å². The van der Waals surface area contributed by atoms with Crippen LogP contribution in [0.15, 0.2) is 67.6 Å². The molecule has 0 atom stereocenters. The fraction of sp³-hybridized carbons (Fsp3) is 0.105. The number of nitrogens with zero attached hydrogens (tertiary/aromatic N) is 5. The maximum absolute atomic E-state index is 12.1. The van der Waals surface area contributed by atoms with Gasteiger partial charge in [-0.15, -0.1) is 0 Å². The van der Waals surface area contributed by atoms with Crippen molar-refractivity contribution in [2.45, 2.75) is 12.8 Å². The molecule has 3 heterocycles. The number of carbonyl (C=O) groups excluding carboxylic acids is 1. The lowest BCUT2D eigenvalue weighted by Crippen LogP contribution is -2.12. The molecule has 7 heteroatoms. The molecule has 0 fully saturated rings. The summed E-state index contributed by atoms with van der Waals surface area (Å²) < 4.78 is 1.87. The van der Waals surface area contributed by atoms with Gasteiger partial charge in [0.05, 0.1) is 5.69 Å². The fourth-order valence-electron chi connectivity index (χ4n) is 2.63. The van der Waals surface area contributed by atoms with Gasteiger partial charge in [0, 0.05) is 48.7 Å². The van der Waals surface area contributed by atoms with Gasteiger partial charge in [-0.2, -0.15) is 0 Å². The predicted octanol–water partition coefficient (Wildman–Crippen LogP) is 2.76. The van der Waals surface area contributed by atoms with Crippen LogP contribution in [0.4, 0.5) is 5.69 Å². The average Bonchev–Trinajstić information content (AvgIpc) is 3.12. The second-order valence-electron chi connectivity index (χ2n) is 5.83. The highest BCUT2D eigenvalue weighted by molar-refractivity contribution is 5.91. The van der Waals surface area contributed by atoms with Crippen molar-refractivity contribution in [2.24, 2.45) is 0 Å². The number of fused-ring (bicyclic) bond motifs is 1. The summed E-state index contributed by atoms with van der Waals surface area (Å²) in [6.07, 6.45) is 11.5. The summed E-state index contributed by atoms with van der Waals surface area (Å²) in [6.45, 7) is 0. The van der Waals surface area contributed by atoms with E-state index in [1.807, 2.05) is 47.1 Å². The standard InChI is InChI=1S/C19H16N6O/c26-18(7-2-14-10-20-13-21-11-14)23-16-5-3-15(4-6-16)17-12-25-9-1-8-22-19(25)24-17/h1,3-6,8-13H,2,7H2,(H,23,26). The molecule has 0 aliphatic rings. The van der Waals surface area contributed by atoms with Crippen molar-refractivity contribution in [3.63, 3.8) is 0 Å². The van der Waals surface area contributed by atoms with Crippen LogP contribution >= 0.6 is 0 Å². The maximum Gasteiger partial charge on any atom is 0.234 e. The van der Waals surface area contributed by atoms with E-state index in [0.29, 0.717) is 18.6 Å². The van der Waals surface area contributed by atoms with Crippen molar-refractivity contribution >= 4 is 17.4 Å². The number of hydrogen-bond acceptors (Lipinski definition) is 5. The van der Waals surface area contributed by atoms with Gasteiger partial charge in [-0.1, -0.05) is 12.1 Å². The monoisotopic (exact) mass is 344 g/mol. The van der Waals surface area contributed by atoms with Crippen LogP contribution in [0.25, 0.3) is 17.0 Å². The van der Waals surface area contributed by atoms with Crippen LogP contribution in [0.5, 0.6) is 0 Å². The minimum absolute atomic E-state index is 0.0430. The summed E-state index contributed by atoms with van der Waals surface area (Å²) in [5.74, 6) is 0.614. The van der Waals surface area contributed by atoms with Crippen LogP contribution in [0.1, 0.15) is 12.0 Å². The average molecular weight is 344 g/mol. The molecule has 4 aromatic rings. The fourth-order valence-corrected chi connectivity index (χ4v) is 2.63. The Morgan fingerprint density at radius 1 is 1.12 bits per heavy atom. The van der Waals surface area contributed by atoms with E-state index in [1.165, 1.54) is 6.33 Å². The molecule has 0 bridgehead atoms. The first-order chi connectivity index (χ1) is 12.8. The zero-order chi connectivity index (χ0) is 17.8. The van der Waals surface area contributed by atoms with Gasteiger partial charge in [0.15, 0.2) is 0 Å². The van der Waals surface area contributed by atoms with Crippen molar-refractivity contribution in [3.05, 3.63) is 73.2 Å². The molecule has 1 aromatic carbocycles. The topological polar surface area (TPSA) is 85.1 Å². The van der Waals surface area contributed by atoms with Crippen LogP contribution in [0.2, 0.25) is 0 Å². The number of hydrogen-bond donors (Lipinski definition) is 1. The minimum Gasteiger partial charge on any atom is -0.326 e. The summed E-state index contributed by atoms with van der Waals surface area (Å²) in [7, 11) is 0. The molecule has 7 nitrogen and oxygen atoms in total. The summed E-state index contributed by atoms with van der Waals surface area (Å²) in [5.41, 5.74) is 3.50. The largest absolute Gasteiger partial charge is 0.326 e. The first-order valence-electron chi connectivity index (χ1n) is 8.22. The van der Waals surface area contributed by atoms with Gasteiger partial charge in [0.1, 0.15) is 6.33 Å². The molecule has 0 unspecified atom stereocenters. The Balaban J connectivity index is 1.40. The second kappa shape index (κ2) is 7.10. The summed E-state index contributed by atoms with van der Waals surface area (Å²) >= 11 is 0. The Bertz CT molecular complexity index is 994. The van der Waals surface area contributed by atoms with Crippen molar-refractivity contribution < 1.29 is 4.79 Å². The van der Waals surface area contributed by atoms with E-state index in [2.05, 4.69) is 25.3 Å². The third-order valence-electron chi connectivity index (χ3n) is 3.95. The molecule has 0 aliphatic carbocycles. The number of aryl methyl sites for hydroxylation is 1. The van der Waals surface area contributed by atoms with Crippen molar-refractivity contribution in [3.8, 4) is 11.3 Å². The number of benzene rings is 1. The van der Waals surface area contributed by atoms with Gasteiger partial charge in [-0.05, 0) is 30.2 Å². The molecule has 0 radical (unpaired) electrons. The molecule has 4 rings (SSSR count). The quantitative estimate of drug-likeness (QED) is 0.602. The summed E-state index contributed by atoms with van der Waals surface area (Å²) in [6, 6.07) is 9.47. The lowest BCUT2D eigenvalue weighted by Gasteiger charge is -2.06.